The molecule has 0 radical (unpaired) electrons. The SMILES string of the molecule is COCCn1c(=O)c2cnc(Nc3ccc(N4CCN(C(=O)c5cc(Cn6c(=O)n(F)c(=O)c7ccccc76)ccc5F)CC4)cc3)nc2n1-c1ccccn1. The topological polar surface area (TPSA) is 154 Å². The summed E-state index contributed by atoms with van der Waals surface area (Å²) in [5, 5.41) is 3.57. The first-order valence-corrected chi connectivity index (χ1v) is 17.7. The number of methoxy groups -OCH3 is 1. The fourth-order valence-corrected chi connectivity index (χ4v) is 6.86. The van der Waals surface area contributed by atoms with E-state index in [2.05, 4.69) is 25.2 Å². The lowest BCUT2D eigenvalue weighted by Crippen LogP contribution is -2.49. The minimum atomic E-state index is -1.17. The van der Waals surface area contributed by atoms with Crippen LogP contribution in [0, 0.1) is 5.82 Å². The van der Waals surface area contributed by atoms with Crippen LogP contribution in [0.5, 0.6) is 0 Å². The van der Waals surface area contributed by atoms with Gasteiger partial charge in [-0.25, -0.2) is 28.5 Å². The van der Waals surface area contributed by atoms with Gasteiger partial charge >= 0.3 is 5.69 Å². The summed E-state index contributed by atoms with van der Waals surface area (Å²) in [6, 6.07) is 23.1. The van der Waals surface area contributed by atoms with Gasteiger partial charge in [0.05, 0.1) is 36.2 Å². The van der Waals surface area contributed by atoms with Gasteiger partial charge in [-0.05, 0) is 66.2 Å². The predicted molar refractivity (Wildman–Crippen MR) is 205 cm³/mol. The van der Waals surface area contributed by atoms with E-state index in [1.165, 1.54) is 35.1 Å². The molecule has 0 atom stereocenters. The van der Waals surface area contributed by atoms with E-state index >= 15 is 4.39 Å². The van der Waals surface area contributed by atoms with E-state index in [1.807, 2.05) is 30.3 Å². The number of hydrogen-bond acceptors (Lipinski definition) is 10. The highest BCUT2D eigenvalue weighted by Gasteiger charge is 2.25. The number of aromatic nitrogens is 7. The van der Waals surface area contributed by atoms with Gasteiger partial charge in [-0.3, -0.25) is 19.0 Å². The van der Waals surface area contributed by atoms with Gasteiger partial charge in [-0.2, -0.15) is 4.98 Å². The lowest BCUT2D eigenvalue weighted by Gasteiger charge is -2.36. The Bertz CT molecular complexity index is 2780. The van der Waals surface area contributed by atoms with Crippen LogP contribution >= 0.6 is 0 Å². The number of nitrogens with zero attached hydrogens (tertiary/aromatic N) is 9. The first kappa shape index (κ1) is 36.0. The van der Waals surface area contributed by atoms with Crippen LogP contribution < -0.4 is 27.0 Å². The van der Waals surface area contributed by atoms with Crippen molar-refractivity contribution in [2.75, 3.05) is 50.1 Å². The molecule has 1 fully saturated rings. The van der Waals surface area contributed by atoms with Gasteiger partial charge in [-0.1, -0.05) is 33.5 Å². The highest BCUT2D eigenvalue weighted by atomic mass is 19.2. The second-order valence-electron chi connectivity index (χ2n) is 13.1. The monoisotopic (exact) mass is 760 g/mol. The number of fused-ring (bicyclic) bond motifs is 2. The molecule has 284 valence electrons. The number of nitrogens with one attached hydrogen (secondary N) is 1. The van der Waals surface area contributed by atoms with E-state index in [0.717, 1.165) is 16.3 Å². The Labute approximate surface area is 316 Å². The molecular formula is C39H34F2N10O5. The van der Waals surface area contributed by atoms with Crippen molar-refractivity contribution in [3.63, 3.8) is 0 Å². The number of para-hydroxylation sites is 1. The molecule has 56 heavy (non-hydrogen) atoms. The molecule has 8 rings (SSSR count). The zero-order valence-electron chi connectivity index (χ0n) is 30.0. The van der Waals surface area contributed by atoms with Crippen LogP contribution in [0.25, 0.3) is 27.8 Å². The van der Waals surface area contributed by atoms with E-state index in [-0.39, 0.29) is 34.5 Å². The third-order valence-corrected chi connectivity index (χ3v) is 9.71. The first-order chi connectivity index (χ1) is 27.2. The Hall–Kier alpha value is -7.01. The van der Waals surface area contributed by atoms with Crippen molar-refractivity contribution in [3.05, 3.63) is 145 Å². The maximum Gasteiger partial charge on any atom is 0.360 e. The lowest BCUT2D eigenvalue weighted by atomic mass is 10.1. The summed E-state index contributed by atoms with van der Waals surface area (Å²) >= 11 is 0. The quantitative estimate of drug-likeness (QED) is 0.218. The van der Waals surface area contributed by atoms with Gasteiger partial charge in [0.15, 0.2) is 11.5 Å². The van der Waals surface area contributed by atoms with Crippen LogP contribution in [0.15, 0.2) is 112 Å². The smallest absolute Gasteiger partial charge is 0.360 e. The van der Waals surface area contributed by atoms with Crippen molar-refractivity contribution >= 4 is 45.2 Å². The second-order valence-corrected chi connectivity index (χ2v) is 13.1. The number of halogens is 2. The number of piperazine rings is 1. The Morgan fingerprint density at radius 3 is 2.39 bits per heavy atom. The highest BCUT2D eigenvalue weighted by Crippen LogP contribution is 2.24. The maximum atomic E-state index is 15.1. The van der Waals surface area contributed by atoms with Crippen molar-refractivity contribution in [1.29, 1.82) is 0 Å². The molecule has 4 aromatic heterocycles. The standard InChI is InChI=1S/C39H34F2N10O5/c1-56-21-20-49-36(53)30-23-43-38(45-34(30)51(49)33-8-4-5-15-42-33)44-26-10-12-27(13-11-26)46-16-18-47(19-17-46)35(52)29-22-25(9-14-31(29)40)24-48-32-7-3-2-6-28(32)37(54)50(41)39(48)55/h2-15,22-23H,16-21,24H2,1H3,(H,43,44,45). The number of pyridine rings is 1. The molecule has 1 aliphatic heterocycles. The lowest BCUT2D eigenvalue weighted by molar-refractivity contribution is 0.0742. The number of carbonyl (C=O) groups excluding carboxylic acids is 1. The van der Waals surface area contributed by atoms with Crippen LogP contribution in [-0.2, 0) is 17.8 Å². The summed E-state index contributed by atoms with van der Waals surface area (Å²) < 4.78 is 39.0. The maximum absolute atomic E-state index is 15.1. The molecule has 5 heterocycles. The highest BCUT2D eigenvalue weighted by molar-refractivity contribution is 5.95. The zero-order chi connectivity index (χ0) is 38.9. The van der Waals surface area contributed by atoms with E-state index in [4.69, 9.17) is 4.74 Å². The van der Waals surface area contributed by atoms with Crippen LogP contribution in [0.3, 0.4) is 0 Å². The molecular weight excluding hydrogens is 726 g/mol. The number of hydrogen-bond donors (Lipinski definition) is 1. The Morgan fingerprint density at radius 1 is 0.875 bits per heavy atom. The fraction of sp³-hybridized carbons (Fsp3) is 0.205. The third-order valence-electron chi connectivity index (χ3n) is 9.71. The number of carbonyl (C=O) groups is 1. The molecule has 0 bridgehead atoms. The average Bonchev–Trinajstić information content (AvgIpc) is 3.51. The van der Waals surface area contributed by atoms with Crippen molar-refractivity contribution < 1.29 is 18.4 Å². The molecule has 1 saturated heterocycles. The Kier molecular flexibility index (Phi) is 9.65. The van der Waals surface area contributed by atoms with Crippen molar-refractivity contribution in [3.8, 4) is 5.82 Å². The van der Waals surface area contributed by atoms with E-state index in [0.29, 0.717) is 67.4 Å². The number of anilines is 3. The largest absolute Gasteiger partial charge is 0.383 e. The summed E-state index contributed by atoms with van der Waals surface area (Å²) in [7, 11) is 1.57. The molecule has 17 heteroatoms. The normalized spacial score (nSPS) is 13.1. The first-order valence-electron chi connectivity index (χ1n) is 17.7. The average molecular weight is 761 g/mol. The van der Waals surface area contributed by atoms with Crippen LogP contribution in [0.2, 0.25) is 0 Å². The molecule has 0 spiro atoms. The van der Waals surface area contributed by atoms with Crippen LogP contribution in [-0.4, -0.2) is 84.4 Å². The molecule has 7 aromatic rings. The molecule has 1 N–H and O–H groups in total. The number of amides is 1. The van der Waals surface area contributed by atoms with Crippen LogP contribution in [0.1, 0.15) is 15.9 Å². The van der Waals surface area contributed by atoms with Crippen molar-refractivity contribution in [2.24, 2.45) is 0 Å². The Morgan fingerprint density at radius 2 is 1.64 bits per heavy atom. The molecule has 0 saturated carbocycles. The molecule has 1 amide bonds. The summed E-state index contributed by atoms with van der Waals surface area (Å²) in [5.41, 5.74) is -0.0183. The van der Waals surface area contributed by atoms with Gasteiger partial charge in [0.2, 0.25) is 5.95 Å². The van der Waals surface area contributed by atoms with Gasteiger partial charge in [0.25, 0.3) is 17.0 Å². The summed E-state index contributed by atoms with van der Waals surface area (Å²) in [6.07, 6.45) is 3.13. The Balaban J connectivity index is 0.944. The van der Waals surface area contributed by atoms with Crippen molar-refractivity contribution in [1.82, 2.24) is 38.6 Å². The summed E-state index contributed by atoms with van der Waals surface area (Å²) in [6.45, 7) is 2.07. The molecule has 1 aliphatic rings. The number of ether oxygens (including phenoxy) is 1. The van der Waals surface area contributed by atoms with Gasteiger partial charge in [0.1, 0.15) is 11.2 Å². The number of benzene rings is 3. The van der Waals surface area contributed by atoms with E-state index in [1.54, 1.807) is 47.2 Å². The van der Waals surface area contributed by atoms with Gasteiger partial charge < -0.3 is 19.9 Å². The van der Waals surface area contributed by atoms with Gasteiger partial charge in [-0.15, -0.1) is 0 Å². The minimum absolute atomic E-state index is 0.0167. The molecule has 15 nitrogen and oxygen atoms in total. The van der Waals surface area contributed by atoms with Gasteiger partial charge in [0, 0.05) is 57.1 Å². The molecule has 3 aromatic carbocycles. The minimum Gasteiger partial charge on any atom is -0.383 e. The van der Waals surface area contributed by atoms with E-state index < -0.39 is 27.8 Å². The molecule has 0 unspecified atom stereocenters. The van der Waals surface area contributed by atoms with Crippen LogP contribution in [0.4, 0.5) is 26.2 Å². The molecule has 0 aliphatic carbocycles. The van der Waals surface area contributed by atoms with E-state index in [9.17, 15) is 23.7 Å². The zero-order valence-corrected chi connectivity index (χ0v) is 30.0. The fourth-order valence-electron chi connectivity index (χ4n) is 6.86. The summed E-state index contributed by atoms with van der Waals surface area (Å²) in [5.74, 6) is -0.411. The predicted octanol–water partition coefficient (Wildman–Crippen LogP) is 3.73. The third kappa shape index (κ3) is 6.68. The summed E-state index contributed by atoms with van der Waals surface area (Å²) in [4.78, 5) is 68.5. The number of rotatable bonds is 10. The second kappa shape index (κ2) is 15.0. The van der Waals surface area contributed by atoms with Crippen molar-refractivity contribution in [2.45, 2.75) is 13.1 Å².